The Morgan fingerprint density at radius 1 is 0.895 bits per heavy atom. The van der Waals surface area contributed by atoms with Crippen LogP contribution in [-0.2, 0) is 11.2 Å². The average molecular weight is 301 g/mol. The number of Topliss-reactive ketones (excluding diaryl/α,β-unsaturated/α-hetero) is 1. The van der Waals surface area contributed by atoms with Crippen LogP contribution in [0.2, 0.25) is 5.02 Å². The number of carbonyl (C=O) groups excluding carboxylic acids is 1. The van der Waals surface area contributed by atoms with Gasteiger partial charge in [-0.1, -0.05) is 43.0 Å². The number of hydrogen-bond donors (Lipinski definition) is 0. The minimum absolute atomic E-state index is 0.368. The first-order valence-corrected chi connectivity index (χ1v) is 7.95. The van der Waals surface area contributed by atoms with Crippen LogP contribution in [0.15, 0.2) is 24.3 Å². The maximum absolute atomic E-state index is 11.7. The zero-order valence-corrected chi connectivity index (χ0v) is 12.8. The van der Waals surface area contributed by atoms with Crippen molar-refractivity contribution in [2.24, 2.45) is 0 Å². The summed E-state index contributed by atoms with van der Waals surface area (Å²) in [6, 6.07) is 7.72. The highest BCUT2D eigenvalue weighted by Crippen LogP contribution is 2.12. The molecule has 0 bridgehead atoms. The van der Waals surface area contributed by atoms with Gasteiger partial charge in [0.25, 0.3) is 0 Å². The molecule has 19 heavy (non-hydrogen) atoms. The van der Waals surface area contributed by atoms with Gasteiger partial charge in [0.1, 0.15) is 5.78 Å². The highest BCUT2D eigenvalue weighted by atomic mass is 35.5. The number of unbranched alkanes of at least 4 members (excludes halogenated alkanes) is 4. The molecule has 1 rings (SSSR count). The van der Waals surface area contributed by atoms with Crippen LogP contribution in [0.1, 0.15) is 50.5 Å². The van der Waals surface area contributed by atoms with Crippen molar-refractivity contribution in [1.29, 1.82) is 0 Å². The SMILES string of the molecule is O=C(CCCCCCCCl)CCc1ccc(Cl)cc1. The van der Waals surface area contributed by atoms with Crippen LogP contribution in [0.3, 0.4) is 0 Å². The van der Waals surface area contributed by atoms with Gasteiger partial charge < -0.3 is 0 Å². The first-order valence-electron chi connectivity index (χ1n) is 7.04. The fourth-order valence-electron chi connectivity index (χ4n) is 2.01. The van der Waals surface area contributed by atoms with Crippen LogP contribution in [-0.4, -0.2) is 11.7 Å². The van der Waals surface area contributed by atoms with E-state index in [0.29, 0.717) is 18.6 Å². The van der Waals surface area contributed by atoms with Crippen molar-refractivity contribution in [3.63, 3.8) is 0 Å². The molecular weight excluding hydrogens is 279 g/mol. The largest absolute Gasteiger partial charge is 0.300 e. The Hall–Kier alpha value is -0.530. The van der Waals surface area contributed by atoms with Gasteiger partial charge in [0, 0.05) is 23.7 Å². The van der Waals surface area contributed by atoms with Gasteiger partial charge in [-0.3, -0.25) is 4.79 Å². The summed E-state index contributed by atoms with van der Waals surface area (Å²) in [4.78, 5) is 11.7. The van der Waals surface area contributed by atoms with E-state index in [1.54, 1.807) is 0 Å². The van der Waals surface area contributed by atoms with E-state index in [-0.39, 0.29) is 0 Å². The van der Waals surface area contributed by atoms with Crippen LogP contribution >= 0.6 is 23.2 Å². The predicted molar refractivity (Wildman–Crippen MR) is 83.2 cm³/mol. The van der Waals surface area contributed by atoms with Crippen molar-refractivity contribution in [2.75, 3.05) is 5.88 Å². The van der Waals surface area contributed by atoms with E-state index in [1.165, 1.54) is 18.4 Å². The van der Waals surface area contributed by atoms with Gasteiger partial charge in [-0.05, 0) is 37.0 Å². The first kappa shape index (κ1) is 16.5. The molecule has 0 unspecified atom stereocenters. The van der Waals surface area contributed by atoms with Crippen molar-refractivity contribution in [1.82, 2.24) is 0 Å². The van der Waals surface area contributed by atoms with Crippen LogP contribution in [0, 0.1) is 0 Å². The second kappa shape index (κ2) is 10.3. The number of aryl methyl sites for hydroxylation is 1. The summed E-state index contributed by atoms with van der Waals surface area (Å²) in [6.07, 6.45) is 7.80. The molecular formula is C16H22Cl2O. The summed E-state index contributed by atoms with van der Waals surface area (Å²) in [5.74, 6) is 1.12. The second-order valence-corrected chi connectivity index (χ2v) is 5.69. The maximum atomic E-state index is 11.7. The fourth-order valence-corrected chi connectivity index (χ4v) is 2.32. The summed E-state index contributed by atoms with van der Waals surface area (Å²) >= 11 is 11.4. The number of alkyl halides is 1. The molecule has 0 aliphatic carbocycles. The molecule has 0 amide bonds. The van der Waals surface area contributed by atoms with E-state index >= 15 is 0 Å². The highest BCUT2D eigenvalue weighted by molar-refractivity contribution is 6.30. The molecule has 0 N–H and O–H groups in total. The second-order valence-electron chi connectivity index (χ2n) is 4.87. The summed E-state index contributed by atoms with van der Waals surface area (Å²) in [5, 5.41) is 0.743. The fraction of sp³-hybridized carbons (Fsp3) is 0.562. The van der Waals surface area contributed by atoms with Gasteiger partial charge in [0.05, 0.1) is 0 Å². The molecule has 0 aliphatic heterocycles. The third-order valence-corrected chi connectivity index (χ3v) is 3.71. The monoisotopic (exact) mass is 300 g/mol. The smallest absolute Gasteiger partial charge is 0.133 e. The first-order chi connectivity index (χ1) is 9.22. The Kier molecular flexibility index (Phi) is 8.94. The number of carbonyl (C=O) groups is 1. The van der Waals surface area contributed by atoms with Gasteiger partial charge in [-0.15, -0.1) is 11.6 Å². The number of hydrogen-bond acceptors (Lipinski definition) is 1. The predicted octanol–water partition coefficient (Wildman–Crippen LogP) is 5.42. The van der Waals surface area contributed by atoms with Gasteiger partial charge in [-0.2, -0.15) is 0 Å². The number of halogens is 2. The number of rotatable bonds is 10. The third kappa shape index (κ3) is 8.28. The van der Waals surface area contributed by atoms with E-state index in [9.17, 15) is 4.79 Å². The number of benzene rings is 1. The summed E-state index contributed by atoms with van der Waals surface area (Å²) < 4.78 is 0. The molecule has 1 aromatic carbocycles. The lowest BCUT2D eigenvalue weighted by Crippen LogP contribution is -2.00. The normalized spacial score (nSPS) is 10.6. The topological polar surface area (TPSA) is 17.1 Å². The van der Waals surface area contributed by atoms with Crippen molar-refractivity contribution in [3.05, 3.63) is 34.9 Å². The third-order valence-electron chi connectivity index (χ3n) is 3.20. The van der Waals surface area contributed by atoms with E-state index in [1.807, 2.05) is 24.3 Å². The van der Waals surface area contributed by atoms with Crippen LogP contribution in [0.4, 0.5) is 0 Å². The number of ketones is 1. The van der Waals surface area contributed by atoms with Gasteiger partial charge in [-0.25, -0.2) is 0 Å². The molecule has 0 saturated heterocycles. The lowest BCUT2D eigenvalue weighted by Gasteiger charge is -2.02. The van der Waals surface area contributed by atoms with E-state index in [2.05, 4.69) is 0 Å². The summed E-state index contributed by atoms with van der Waals surface area (Å²) in [5.41, 5.74) is 1.18. The molecule has 0 radical (unpaired) electrons. The molecule has 0 aliphatic rings. The van der Waals surface area contributed by atoms with Gasteiger partial charge >= 0.3 is 0 Å². The molecule has 1 nitrogen and oxygen atoms in total. The minimum atomic E-state index is 0.368. The van der Waals surface area contributed by atoms with Crippen molar-refractivity contribution in [3.8, 4) is 0 Å². The molecule has 0 heterocycles. The molecule has 0 fully saturated rings. The van der Waals surface area contributed by atoms with Gasteiger partial charge in [0.15, 0.2) is 0 Å². The Labute approximate surface area is 126 Å². The lowest BCUT2D eigenvalue weighted by atomic mass is 10.0. The molecule has 0 atom stereocenters. The Morgan fingerprint density at radius 2 is 1.53 bits per heavy atom. The van der Waals surface area contributed by atoms with Crippen LogP contribution in [0.5, 0.6) is 0 Å². The minimum Gasteiger partial charge on any atom is -0.300 e. The molecule has 0 spiro atoms. The molecule has 0 aromatic heterocycles. The van der Waals surface area contributed by atoms with Crippen molar-refractivity contribution >= 4 is 29.0 Å². The zero-order valence-electron chi connectivity index (χ0n) is 11.3. The maximum Gasteiger partial charge on any atom is 0.133 e. The van der Waals surface area contributed by atoms with Crippen LogP contribution < -0.4 is 0 Å². The molecule has 1 aromatic rings. The Morgan fingerprint density at radius 3 is 2.21 bits per heavy atom. The van der Waals surface area contributed by atoms with Gasteiger partial charge in [0.2, 0.25) is 0 Å². The quantitative estimate of drug-likeness (QED) is 0.416. The summed E-state index contributed by atoms with van der Waals surface area (Å²) in [6.45, 7) is 0. The van der Waals surface area contributed by atoms with E-state index < -0.39 is 0 Å². The molecule has 106 valence electrons. The van der Waals surface area contributed by atoms with E-state index in [4.69, 9.17) is 23.2 Å². The van der Waals surface area contributed by atoms with Crippen molar-refractivity contribution < 1.29 is 4.79 Å². The lowest BCUT2D eigenvalue weighted by molar-refractivity contribution is -0.119. The molecule has 0 saturated carbocycles. The summed E-state index contributed by atoms with van der Waals surface area (Å²) in [7, 11) is 0. The van der Waals surface area contributed by atoms with Crippen molar-refractivity contribution in [2.45, 2.75) is 51.4 Å². The Balaban J connectivity index is 2.06. The van der Waals surface area contributed by atoms with Crippen LogP contribution in [0.25, 0.3) is 0 Å². The average Bonchev–Trinajstić information content (AvgIpc) is 2.42. The highest BCUT2D eigenvalue weighted by Gasteiger charge is 2.03. The van der Waals surface area contributed by atoms with E-state index in [0.717, 1.165) is 36.6 Å². The zero-order chi connectivity index (χ0) is 13.9. The molecule has 3 heteroatoms. The Bertz CT molecular complexity index is 360. The standard InChI is InChI=1S/C16H22Cl2O/c17-13-5-3-1-2-4-6-16(19)12-9-14-7-10-15(18)11-8-14/h7-8,10-11H,1-6,9,12-13H2.